The number of nitrogens with one attached hydrogen (secondary N) is 3. The molecule has 0 saturated heterocycles. The van der Waals surface area contributed by atoms with Crippen LogP contribution in [0.4, 0.5) is 26.3 Å². The number of alkyl halides is 6. The third-order valence-corrected chi connectivity index (χ3v) is 5.71. The van der Waals surface area contributed by atoms with E-state index < -0.39 is 66.1 Å². The van der Waals surface area contributed by atoms with E-state index in [-0.39, 0.29) is 17.4 Å². The van der Waals surface area contributed by atoms with Gasteiger partial charge >= 0.3 is 12.4 Å². The second kappa shape index (κ2) is 13.4. The number of ketones is 1. The smallest absolute Gasteiger partial charge is 0.452 e. The monoisotopic (exact) mass is 575 g/mol. The zero-order valence-corrected chi connectivity index (χ0v) is 21.5. The average molecular weight is 576 g/mol. The van der Waals surface area contributed by atoms with Crippen molar-refractivity contribution in [3.63, 3.8) is 0 Å². The molecular formula is C26H27F6N3O5. The van der Waals surface area contributed by atoms with E-state index in [1.165, 1.54) is 45.2 Å². The summed E-state index contributed by atoms with van der Waals surface area (Å²) in [5, 5.41) is 6.99. The first kappa shape index (κ1) is 32.3. The molecule has 3 atom stereocenters. The van der Waals surface area contributed by atoms with Crippen molar-refractivity contribution in [2.45, 2.75) is 44.3 Å². The molecule has 3 N–H and O–H groups in total. The zero-order valence-electron chi connectivity index (χ0n) is 21.5. The largest absolute Gasteiger partial charge is 0.497 e. The van der Waals surface area contributed by atoms with Gasteiger partial charge in [0.2, 0.25) is 5.91 Å². The fourth-order valence-electron chi connectivity index (χ4n) is 3.57. The van der Waals surface area contributed by atoms with Crippen LogP contribution in [0.15, 0.2) is 48.5 Å². The molecule has 0 aromatic heterocycles. The topological polar surface area (TPSA) is 114 Å². The molecule has 0 saturated carbocycles. The molecule has 218 valence electrons. The van der Waals surface area contributed by atoms with Gasteiger partial charge in [0.1, 0.15) is 18.1 Å². The Morgan fingerprint density at radius 2 is 1.57 bits per heavy atom. The molecule has 0 heterocycles. The Balaban J connectivity index is 2.26. The molecule has 0 unspecified atom stereocenters. The van der Waals surface area contributed by atoms with Gasteiger partial charge in [0.15, 0.2) is 0 Å². The van der Waals surface area contributed by atoms with E-state index in [2.05, 4.69) is 16.0 Å². The van der Waals surface area contributed by atoms with Gasteiger partial charge in [-0.25, -0.2) is 0 Å². The maximum absolute atomic E-state index is 13.1. The lowest BCUT2D eigenvalue weighted by Crippen LogP contribution is -2.53. The highest BCUT2D eigenvalue weighted by molar-refractivity contribution is 5.96. The first-order valence-corrected chi connectivity index (χ1v) is 11.8. The normalized spacial score (nSPS) is 14.2. The Labute approximate surface area is 225 Å². The number of ether oxygens (including phenoxy) is 1. The number of benzene rings is 2. The van der Waals surface area contributed by atoms with Crippen molar-refractivity contribution in [2.24, 2.45) is 5.92 Å². The summed E-state index contributed by atoms with van der Waals surface area (Å²) in [5.74, 6) is -4.72. The number of Topliss-reactive ketones (excluding diaryl/α,β-unsaturated/α-hetero) is 1. The molecule has 0 aliphatic heterocycles. The minimum Gasteiger partial charge on any atom is -0.497 e. The first-order valence-electron chi connectivity index (χ1n) is 11.8. The number of amides is 2. The molecule has 0 aliphatic rings. The van der Waals surface area contributed by atoms with Crippen LogP contribution in [0.1, 0.15) is 41.4 Å². The summed E-state index contributed by atoms with van der Waals surface area (Å²) in [6.45, 7) is 2.18. The lowest BCUT2D eigenvalue weighted by atomic mass is 9.97. The molecule has 8 nitrogen and oxygen atoms in total. The summed E-state index contributed by atoms with van der Waals surface area (Å²) in [5.41, 5.74) is -1.24. The number of carbonyl (C=O) groups excluding carboxylic acids is 4. The number of hydrogen-bond donors (Lipinski definition) is 3. The number of halogens is 6. The van der Waals surface area contributed by atoms with E-state index in [4.69, 9.17) is 4.74 Å². The predicted octanol–water partition coefficient (Wildman–Crippen LogP) is 3.61. The molecule has 14 heteroatoms. The second-order valence-corrected chi connectivity index (χ2v) is 9.00. The van der Waals surface area contributed by atoms with E-state index in [0.29, 0.717) is 11.8 Å². The lowest BCUT2D eigenvalue weighted by molar-refractivity contribution is -0.175. The van der Waals surface area contributed by atoms with Gasteiger partial charge in [0.05, 0.1) is 24.8 Å². The quantitative estimate of drug-likeness (QED) is 0.263. The van der Waals surface area contributed by atoms with Crippen LogP contribution in [0.25, 0.3) is 0 Å². The molecule has 0 fully saturated rings. The minimum absolute atomic E-state index is 0.217. The van der Waals surface area contributed by atoms with Crippen molar-refractivity contribution in [2.75, 3.05) is 13.7 Å². The van der Waals surface area contributed by atoms with Gasteiger partial charge in [-0.2, -0.15) is 26.3 Å². The first-order chi connectivity index (χ1) is 18.6. The number of hydrogen-bond acceptors (Lipinski definition) is 6. The van der Waals surface area contributed by atoms with Crippen molar-refractivity contribution in [1.29, 1.82) is 0 Å². The minimum atomic E-state index is -5.21. The van der Waals surface area contributed by atoms with Crippen molar-refractivity contribution < 1.29 is 50.3 Å². The molecule has 40 heavy (non-hydrogen) atoms. The van der Waals surface area contributed by atoms with Crippen LogP contribution in [-0.2, 0) is 20.6 Å². The van der Waals surface area contributed by atoms with E-state index in [1.807, 2.05) is 0 Å². The van der Waals surface area contributed by atoms with E-state index >= 15 is 0 Å². The molecular weight excluding hydrogens is 548 g/mol. The highest BCUT2D eigenvalue weighted by Gasteiger charge is 2.45. The second-order valence-electron chi connectivity index (χ2n) is 9.00. The molecule has 2 aromatic rings. The van der Waals surface area contributed by atoms with Crippen LogP contribution in [0.5, 0.6) is 5.75 Å². The molecule has 0 spiro atoms. The standard InChI is InChI=1S/C26H27F6N3O5/c1-14(2)20(22(37)26(30,31)32)35-24(39)21(15-7-9-19(40-3)10-8-15)33-12-18(13-36)34-23(38)16-5-4-6-17(11-16)25(27,28)29/h4-11,13-14,18,20-21,33H,12H2,1-3H3,(H,34,38)(H,35,39)/t18-,20-,21-/m0/s1. The molecule has 2 amide bonds. The van der Waals surface area contributed by atoms with Crippen LogP contribution >= 0.6 is 0 Å². The van der Waals surface area contributed by atoms with Crippen LogP contribution in [0.2, 0.25) is 0 Å². The molecule has 2 rings (SSSR count). The number of rotatable bonds is 12. The van der Waals surface area contributed by atoms with Gasteiger partial charge in [-0.05, 0) is 41.8 Å². The predicted molar refractivity (Wildman–Crippen MR) is 130 cm³/mol. The lowest BCUT2D eigenvalue weighted by Gasteiger charge is -2.26. The fraction of sp³-hybridized carbons (Fsp3) is 0.385. The Morgan fingerprint density at radius 1 is 0.950 bits per heavy atom. The van der Waals surface area contributed by atoms with Crippen molar-refractivity contribution in [3.05, 3.63) is 65.2 Å². The Morgan fingerprint density at radius 3 is 2.08 bits per heavy atom. The summed E-state index contributed by atoms with van der Waals surface area (Å²) in [7, 11) is 1.38. The average Bonchev–Trinajstić information content (AvgIpc) is 2.89. The maximum atomic E-state index is 13.1. The highest BCUT2D eigenvalue weighted by Crippen LogP contribution is 2.29. The summed E-state index contributed by atoms with van der Waals surface area (Å²) >= 11 is 0. The van der Waals surface area contributed by atoms with Gasteiger partial charge in [0, 0.05) is 12.1 Å². The van der Waals surface area contributed by atoms with Crippen LogP contribution in [0.3, 0.4) is 0 Å². The summed E-state index contributed by atoms with van der Waals surface area (Å²) in [6, 6.07) is 4.60. The van der Waals surface area contributed by atoms with Crippen molar-refractivity contribution in [1.82, 2.24) is 16.0 Å². The van der Waals surface area contributed by atoms with Crippen molar-refractivity contribution >= 4 is 23.9 Å². The number of methoxy groups -OCH3 is 1. The molecule has 0 bridgehead atoms. The van der Waals surface area contributed by atoms with Gasteiger partial charge in [0.25, 0.3) is 11.7 Å². The molecule has 0 radical (unpaired) electrons. The van der Waals surface area contributed by atoms with Gasteiger partial charge in [-0.15, -0.1) is 0 Å². The Hall–Kier alpha value is -3.94. The SMILES string of the molecule is COc1ccc([C@H](NC[C@@H](C=O)NC(=O)c2cccc(C(F)(F)F)c2)C(=O)N[C@H](C(=O)C(F)(F)F)C(C)C)cc1. The van der Waals surface area contributed by atoms with Gasteiger partial charge < -0.3 is 20.2 Å². The number of aldehydes is 1. The summed E-state index contributed by atoms with van der Waals surface area (Å²) in [6.07, 6.45) is -9.64. The van der Waals surface area contributed by atoms with Gasteiger partial charge in [-0.3, -0.25) is 19.7 Å². The molecule has 2 aromatic carbocycles. The third-order valence-electron chi connectivity index (χ3n) is 5.71. The Kier molecular flexibility index (Phi) is 10.8. The summed E-state index contributed by atoms with van der Waals surface area (Å²) in [4.78, 5) is 49.2. The van der Waals surface area contributed by atoms with E-state index in [9.17, 15) is 45.5 Å². The maximum Gasteiger partial charge on any atom is 0.452 e. The highest BCUT2D eigenvalue weighted by atomic mass is 19.4. The van der Waals surface area contributed by atoms with E-state index in [1.54, 1.807) is 0 Å². The van der Waals surface area contributed by atoms with E-state index in [0.717, 1.165) is 18.2 Å². The third kappa shape index (κ3) is 8.79. The van der Waals surface area contributed by atoms with Crippen molar-refractivity contribution in [3.8, 4) is 5.75 Å². The zero-order chi connectivity index (χ0) is 30.3. The van der Waals surface area contributed by atoms with Crippen LogP contribution in [0, 0.1) is 5.92 Å². The van der Waals surface area contributed by atoms with Gasteiger partial charge in [-0.1, -0.05) is 32.0 Å². The molecule has 0 aliphatic carbocycles. The summed E-state index contributed by atoms with van der Waals surface area (Å²) < 4.78 is 83.3. The Bertz CT molecular complexity index is 1200. The van der Waals surface area contributed by atoms with Crippen LogP contribution < -0.4 is 20.7 Å². The van der Waals surface area contributed by atoms with Crippen LogP contribution in [-0.4, -0.2) is 55.8 Å². The number of carbonyl (C=O) groups is 4. The fourth-order valence-corrected chi connectivity index (χ4v) is 3.57.